The number of hydrogen-bond donors (Lipinski definition) is 0. The average Bonchev–Trinajstić information content (AvgIpc) is 3.15. The second-order valence-electron chi connectivity index (χ2n) is 10.7. The first-order valence-electron chi connectivity index (χ1n) is 11.9. The van der Waals surface area contributed by atoms with Gasteiger partial charge in [-0.1, -0.05) is 73.9 Å². The molecule has 1 saturated heterocycles. The predicted octanol–water partition coefficient (Wildman–Crippen LogP) is 6.37. The lowest BCUT2D eigenvalue weighted by atomic mass is 9.65. The van der Waals surface area contributed by atoms with Gasteiger partial charge in [0.1, 0.15) is 0 Å². The van der Waals surface area contributed by atoms with Gasteiger partial charge in [-0.2, -0.15) is 0 Å². The second-order valence-corrected chi connectivity index (χ2v) is 10.7. The molecule has 2 fully saturated rings. The fourth-order valence-electron chi connectivity index (χ4n) is 6.19. The maximum atomic E-state index is 6.55. The third-order valence-electron chi connectivity index (χ3n) is 8.52. The van der Waals surface area contributed by atoms with Gasteiger partial charge in [-0.3, -0.25) is 0 Å². The van der Waals surface area contributed by atoms with Crippen LogP contribution in [0.3, 0.4) is 0 Å². The molecule has 3 aromatic rings. The Morgan fingerprint density at radius 3 is 2.03 bits per heavy atom. The highest BCUT2D eigenvalue weighted by molar-refractivity contribution is 6.65. The van der Waals surface area contributed by atoms with Gasteiger partial charge in [0.05, 0.1) is 11.2 Å². The van der Waals surface area contributed by atoms with Crippen molar-refractivity contribution in [2.24, 2.45) is 0 Å². The highest BCUT2D eigenvalue weighted by atomic mass is 16.7. The van der Waals surface area contributed by atoms with E-state index in [1.165, 1.54) is 70.6 Å². The van der Waals surface area contributed by atoms with E-state index in [4.69, 9.17) is 9.31 Å². The van der Waals surface area contributed by atoms with Crippen molar-refractivity contribution in [3.63, 3.8) is 0 Å². The first kappa shape index (κ1) is 19.6. The third kappa shape index (κ3) is 2.60. The van der Waals surface area contributed by atoms with E-state index < -0.39 is 0 Å². The molecule has 3 aromatic carbocycles. The van der Waals surface area contributed by atoms with Crippen molar-refractivity contribution >= 4 is 23.4 Å². The van der Waals surface area contributed by atoms with Gasteiger partial charge in [0, 0.05) is 5.41 Å². The lowest BCUT2D eigenvalue weighted by Gasteiger charge is -2.36. The van der Waals surface area contributed by atoms with Gasteiger partial charge in [-0.25, -0.2) is 0 Å². The Balaban J connectivity index is 1.64. The van der Waals surface area contributed by atoms with Crippen LogP contribution in [0, 0.1) is 0 Å². The van der Waals surface area contributed by atoms with Crippen molar-refractivity contribution < 1.29 is 9.31 Å². The molecule has 2 aliphatic carbocycles. The van der Waals surface area contributed by atoms with Crippen LogP contribution < -0.4 is 5.46 Å². The fraction of sp³-hybridized carbons (Fsp3) is 0.429. The highest BCUT2D eigenvalue weighted by Gasteiger charge is 2.53. The van der Waals surface area contributed by atoms with Crippen LogP contribution in [-0.2, 0) is 14.7 Å². The minimum Gasteiger partial charge on any atom is -0.399 e. The zero-order chi connectivity index (χ0) is 21.4. The van der Waals surface area contributed by atoms with Crippen LogP contribution in [0.15, 0.2) is 54.6 Å². The van der Waals surface area contributed by atoms with Crippen molar-refractivity contribution in [1.82, 2.24) is 0 Å². The molecule has 3 aliphatic rings. The molecule has 1 aliphatic heterocycles. The summed E-state index contributed by atoms with van der Waals surface area (Å²) < 4.78 is 13.1. The molecule has 0 atom stereocenters. The summed E-state index contributed by atoms with van der Waals surface area (Å²) in [5.74, 6) is 0. The van der Waals surface area contributed by atoms with Crippen molar-refractivity contribution in [2.75, 3.05) is 0 Å². The molecule has 0 amide bonds. The van der Waals surface area contributed by atoms with Crippen LogP contribution in [0.2, 0.25) is 0 Å². The van der Waals surface area contributed by atoms with E-state index in [1.807, 2.05) is 0 Å². The van der Waals surface area contributed by atoms with Crippen LogP contribution in [0.4, 0.5) is 0 Å². The molecule has 3 heteroatoms. The minimum atomic E-state index is -0.344. The molecule has 0 bridgehead atoms. The Bertz CT molecular complexity index is 1170. The van der Waals surface area contributed by atoms with Crippen molar-refractivity contribution in [2.45, 2.75) is 76.4 Å². The standard InChI is InChI=1S/C28H31BO2/c1-26(2)27(3,4)31-29(30-26)24-18-23-25(20-13-7-6-12-19(20)24)21-14-8-9-15-22(21)28(23)16-10-5-11-17-28/h6-9,12-15,18H,5,10-11,16-17H2,1-4H3. The number of benzene rings is 3. The van der Waals surface area contributed by atoms with Crippen molar-refractivity contribution in [3.05, 3.63) is 65.7 Å². The van der Waals surface area contributed by atoms with Gasteiger partial charge in [0.25, 0.3) is 0 Å². The van der Waals surface area contributed by atoms with Crippen LogP contribution >= 0.6 is 0 Å². The van der Waals surface area contributed by atoms with E-state index in [1.54, 1.807) is 0 Å². The van der Waals surface area contributed by atoms with Gasteiger partial charge in [-0.05, 0) is 79.0 Å². The SMILES string of the molecule is CC1(C)OB(c2cc3c(c4ccccc24)-c2ccccc2C32CCCCC2)OC1(C)C. The summed E-state index contributed by atoms with van der Waals surface area (Å²) in [6.07, 6.45) is 6.41. The first-order valence-corrected chi connectivity index (χ1v) is 11.9. The van der Waals surface area contributed by atoms with Crippen LogP contribution in [0.5, 0.6) is 0 Å². The Labute approximate surface area is 186 Å². The quantitative estimate of drug-likeness (QED) is 0.434. The van der Waals surface area contributed by atoms with E-state index in [-0.39, 0.29) is 23.7 Å². The van der Waals surface area contributed by atoms with E-state index in [0.717, 1.165) is 0 Å². The molecule has 0 N–H and O–H groups in total. The molecule has 158 valence electrons. The van der Waals surface area contributed by atoms with E-state index in [2.05, 4.69) is 82.3 Å². The highest BCUT2D eigenvalue weighted by Crippen LogP contribution is 2.57. The normalized spacial score (nSPS) is 22.6. The van der Waals surface area contributed by atoms with Gasteiger partial charge in [0.2, 0.25) is 0 Å². The molecule has 0 aromatic heterocycles. The Hall–Kier alpha value is -2.10. The molecule has 1 saturated carbocycles. The minimum absolute atomic E-state index is 0.132. The molecular formula is C28H31BO2. The van der Waals surface area contributed by atoms with Gasteiger partial charge >= 0.3 is 7.12 Å². The summed E-state index contributed by atoms with van der Waals surface area (Å²) in [4.78, 5) is 0. The molecule has 6 rings (SSSR count). The summed E-state index contributed by atoms with van der Waals surface area (Å²) in [7, 11) is -0.343. The van der Waals surface area contributed by atoms with E-state index in [0.29, 0.717) is 0 Å². The number of rotatable bonds is 1. The van der Waals surface area contributed by atoms with Crippen LogP contribution in [0.1, 0.15) is 70.9 Å². The van der Waals surface area contributed by atoms with Gasteiger partial charge in [0.15, 0.2) is 0 Å². The van der Waals surface area contributed by atoms with Crippen molar-refractivity contribution in [1.29, 1.82) is 0 Å². The molecule has 2 nitrogen and oxygen atoms in total. The topological polar surface area (TPSA) is 18.5 Å². The molecule has 1 heterocycles. The molecular weight excluding hydrogens is 379 g/mol. The molecule has 0 radical (unpaired) electrons. The number of hydrogen-bond acceptors (Lipinski definition) is 2. The van der Waals surface area contributed by atoms with E-state index >= 15 is 0 Å². The van der Waals surface area contributed by atoms with Gasteiger partial charge in [-0.15, -0.1) is 0 Å². The molecule has 31 heavy (non-hydrogen) atoms. The maximum absolute atomic E-state index is 6.55. The summed E-state index contributed by atoms with van der Waals surface area (Å²) >= 11 is 0. The zero-order valence-corrected chi connectivity index (χ0v) is 19.1. The first-order chi connectivity index (χ1) is 14.8. The molecule has 0 unspecified atom stereocenters. The Morgan fingerprint density at radius 1 is 0.710 bits per heavy atom. The van der Waals surface area contributed by atoms with Crippen molar-refractivity contribution in [3.8, 4) is 11.1 Å². The molecule has 1 spiro atoms. The summed E-state index contributed by atoms with van der Waals surface area (Å²) in [5.41, 5.74) is 6.52. The maximum Gasteiger partial charge on any atom is 0.495 e. The monoisotopic (exact) mass is 410 g/mol. The average molecular weight is 410 g/mol. The third-order valence-corrected chi connectivity index (χ3v) is 8.52. The van der Waals surface area contributed by atoms with E-state index in [9.17, 15) is 0 Å². The largest absolute Gasteiger partial charge is 0.495 e. The lowest BCUT2D eigenvalue weighted by molar-refractivity contribution is 0.00578. The summed E-state index contributed by atoms with van der Waals surface area (Å²) in [6, 6.07) is 20.4. The number of fused-ring (bicyclic) bond motifs is 7. The van der Waals surface area contributed by atoms with Crippen LogP contribution in [0.25, 0.3) is 21.9 Å². The van der Waals surface area contributed by atoms with Crippen LogP contribution in [-0.4, -0.2) is 18.3 Å². The fourth-order valence-corrected chi connectivity index (χ4v) is 6.19. The lowest BCUT2D eigenvalue weighted by Crippen LogP contribution is -2.41. The zero-order valence-electron chi connectivity index (χ0n) is 19.1. The summed E-state index contributed by atoms with van der Waals surface area (Å²) in [6.45, 7) is 8.56. The smallest absolute Gasteiger partial charge is 0.399 e. The Morgan fingerprint density at radius 2 is 1.32 bits per heavy atom. The summed E-state index contributed by atoms with van der Waals surface area (Å²) in [5, 5.41) is 2.59. The predicted molar refractivity (Wildman–Crippen MR) is 129 cm³/mol. The Kier molecular flexibility index (Phi) is 4.08. The van der Waals surface area contributed by atoms with Gasteiger partial charge < -0.3 is 9.31 Å². The second kappa shape index (κ2) is 6.46.